The Hall–Kier alpha value is -0.0400. The van der Waals surface area contributed by atoms with Crippen molar-refractivity contribution >= 4 is 0 Å². The molecule has 1 nitrogen and oxygen atoms in total. The molecule has 0 aromatic carbocycles. The summed E-state index contributed by atoms with van der Waals surface area (Å²) in [7, 11) is 0. The lowest BCUT2D eigenvalue weighted by Gasteiger charge is -2.26. The second-order valence-corrected chi connectivity index (χ2v) is 7.80. The molecule has 0 rings (SSSR count). The Balaban J connectivity index is 4.13. The van der Waals surface area contributed by atoms with E-state index in [1.54, 1.807) is 0 Å². The first kappa shape index (κ1) is 19.0. The van der Waals surface area contributed by atoms with Crippen molar-refractivity contribution in [2.45, 2.75) is 68.2 Å². The molecule has 19 heavy (non-hydrogen) atoms. The van der Waals surface area contributed by atoms with Crippen molar-refractivity contribution in [3.05, 3.63) is 0 Å². The zero-order valence-corrected chi connectivity index (χ0v) is 14.7. The van der Waals surface area contributed by atoms with E-state index in [9.17, 15) is 0 Å². The highest BCUT2D eigenvalue weighted by Crippen LogP contribution is 2.23. The summed E-state index contributed by atoms with van der Waals surface area (Å²) in [5.41, 5.74) is 0. The van der Waals surface area contributed by atoms with Gasteiger partial charge in [-0.25, -0.2) is 0 Å². The largest absolute Gasteiger partial charge is 0.381 e. The van der Waals surface area contributed by atoms with Gasteiger partial charge in [-0.3, -0.25) is 0 Å². The van der Waals surface area contributed by atoms with Gasteiger partial charge in [0, 0.05) is 13.2 Å². The van der Waals surface area contributed by atoms with Gasteiger partial charge in [0.1, 0.15) is 0 Å². The Labute approximate surface area is 122 Å². The van der Waals surface area contributed by atoms with E-state index < -0.39 is 0 Å². The number of ether oxygens (including phenoxy) is 1. The fourth-order valence-corrected chi connectivity index (χ4v) is 2.65. The van der Waals surface area contributed by atoms with E-state index in [4.69, 9.17) is 4.74 Å². The SMILES string of the molecule is CC(C)CC(COCC(CC(C)C)C(C)C)C(C)C. The van der Waals surface area contributed by atoms with E-state index in [0.717, 1.165) is 36.9 Å². The molecule has 0 aliphatic heterocycles. The van der Waals surface area contributed by atoms with Gasteiger partial charge in [0.25, 0.3) is 0 Å². The summed E-state index contributed by atoms with van der Waals surface area (Å²) in [6.07, 6.45) is 2.57. The van der Waals surface area contributed by atoms with Gasteiger partial charge in [-0.2, -0.15) is 0 Å². The van der Waals surface area contributed by atoms with Crippen LogP contribution in [-0.2, 0) is 4.74 Å². The molecule has 0 N–H and O–H groups in total. The summed E-state index contributed by atoms with van der Waals surface area (Å²) in [6.45, 7) is 20.4. The third-order valence-electron chi connectivity index (χ3n) is 4.10. The Morgan fingerprint density at radius 2 is 0.895 bits per heavy atom. The van der Waals surface area contributed by atoms with Crippen molar-refractivity contribution < 1.29 is 4.74 Å². The molecule has 0 fully saturated rings. The normalized spacial score (nSPS) is 15.8. The first-order valence-corrected chi connectivity index (χ1v) is 8.31. The van der Waals surface area contributed by atoms with Crippen LogP contribution < -0.4 is 0 Å². The maximum atomic E-state index is 6.08. The molecule has 0 bridgehead atoms. The minimum absolute atomic E-state index is 0.715. The van der Waals surface area contributed by atoms with Crippen LogP contribution in [-0.4, -0.2) is 13.2 Å². The number of hydrogen-bond acceptors (Lipinski definition) is 1. The molecule has 0 spiro atoms. The Bertz CT molecular complexity index is 184. The minimum atomic E-state index is 0.715. The molecule has 0 aromatic rings. The Kier molecular flexibility index (Phi) is 9.78. The van der Waals surface area contributed by atoms with Crippen molar-refractivity contribution in [2.75, 3.05) is 13.2 Å². The summed E-state index contributed by atoms with van der Waals surface area (Å²) >= 11 is 0. The second kappa shape index (κ2) is 9.80. The van der Waals surface area contributed by atoms with Crippen LogP contribution in [0, 0.1) is 35.5 Å². The molecule has 0 saturated heterocycles. The molecule has 2 atom stereocenters. The molecule has 0 aliphatic rings. The number of hydrogen-bond donors (Lipinski definition) is 0. The lowest BCUT2D eigenvalue weighted by Crippen LogP contribution is -2.23. The van der Waals surface area contributed by atoms with Crippen LogP contribution in [0.5, 0.6) is 0 Å². The monoisotopic (exact) mass is 270 g/mol. The van der Waals surface area contributed by atoms with Gasteiger partial charge in [-0.15, -0.1) is 0 Å². The summed E-state index contributed by atoms with van der Waals surface area (Å²) in [5.74, 6) is 4.42. The molecule has 0 aromatic heterocycles. The molecule has 0 aliphatic carbocycles. The summed E-state index contributed by atoms with van der Waals surface area (Å²) < 4.78 is 6.08. The average Bonchev–Trinajstić information content (AvgIpc) is 2.24. The zero-order valence-electron chi connectivity index (χ0n) is 14.7. The van der Waals surface area contributed by atoms with Crippen LogP contribution >= 0.6 is 0 Å². The van der Waals surface area contributed by atoms with Crippen LogP contribution in [0.4, 0.5) is 0 Å². The minimum Gasteiger partial charge on any atom is -0.381 e. The van der Waals surface area contributed by atoms with Crippen LogP contribution in [0.2, 0.25) is 0 Å². The highest BCUT2D eigenvalue weighted by molar-refractivity contribution is 4.67. The smallest absolute Gasteiger partial charge is 0.0496 e. The topological polar surface area (TPSA) is 9.23 Å². The molecular formula is C18H38O. The van der Waals surface area contributed by atoms with Crippen LogP contribution in [0.1, 0.15) is 68.2 Å². The van der Waals surface area contributed by atoms with Crippen LogP contribution in [0.3, 0.4) is 0 Å². The number of rotatable bonds is 10. The molecule has 2 unspecified atom stereocenters. The lowest BCUT2D eigenvalue weighted by atomic mass is 9.87. The highest BCUT2D eigenvalue weighted by Gasteiger charge is 2.18. The molecule has 0 amide bonds. The zero-order chi connectivity index (χ0) is 15.0. The average molecular weight is 271 g/mol. The van der Waals surface area contributed by atoms with Gasteiger partial charge in [-0.05, 0) is 48.3 Å². The molecule has 116 valence electrons. The maximum Gasteiger partial charge on any atom is 0.0496 e. The van der Waals surface area contributed by atoms with Crippen molar-refractivity contribution in [3.63, 3.8) is 0 Å². The van der Waals surface area contributed by atoms with Gasteiger partial charge < -0.3 is 4.74 Å². The molecule has 0 radical (unpaired) electrons. The van der Waals surface area contributed by atoms with E-state index in [1.165, 1.54) is 12.8 Å². The Morgan fingerprint density at radius 1 is 0.579 bits per heavy atom. The van der Waals surface area contributed by atoms with E-state index in [2.05, 4.69) is 55.4 Å². The molecular weight excluding hydrogens is 232 g/mol. The summed E-state index contributed by atoms with van der Waals surface area (Å²) in [6, 6.07) is 0. The summed E-state index contributed by atoms with van der Waals surface area (Å²) in [5, 5.41) is 0. The van der Waals surface area contributed by atoms with Crippen molar-refractivity contribution in [3.8, 4) is 0 Å². The fraction of sp³-hybridized carbons (Fsp3) is 1.00. The van der Waals surface area contributed by atoms with E-state index in [1.807, 2.05) is 0 Å². The van der Waals surface area contributed by atoms with Crippen molar-refractivity contribution in [1.29, 1.82) is 0 Å². The van der Waals surface area contributed by atoms with Gasteiger partial charge in [-0.1, -0.05) is 55.4 Å². The van der Waals surface area contributed by atoms with Gasteiger partial charge in [0.15, 0.2) is 0 Å². The lowest BCUT2D eigenvalue weighted by molar-refractivity contribution is 0.0350. The van der Waals surface area contributed by atoms with E-state index in [-0.39, 0.29) is 0 Å². The molecule has 0 saturated carbocycles. The third kappa shape index (κ3) is 9.49. The van der Waals surface area contributed by atoms with Crippen LogP contribution in [0.15, 0.2) is 0 Å². The quantitative estimate of drug-likeness (QED) is 0.499. The van der Waals surface area contributed by atoms with Crippen molar-refractivity contribution in [2.24, 2.45) is 35.5 Å². The second-order valence-electron chi connectivity index (χ2n) is 7.80. The predicted octanol–water partition coefficient (Wildman–Crippen LogP) is 5.64. The first-order chi connectivity index (χ1) is 8.73. The van der Waals surface area contributed by atoms with Crippen LogP contribution in [0.25, 0.3) is 0 Å². The fourth-order valence-electron chi connectivity index (χ4n) is 2.65. The molecule has 0 heterocycles. The van der Waals surface area contributed by atoms with E-state index >= 15 is 0 Å². The van der Waals surface area contributed by atoms with E-state index in [0.29, 0.717) is 11.8 Å². The maximum absolute atomic E-state index is 6.08. The highest BCUT2D eigenvalue weighted by atomic mass is 16.5. The van der Waals surface area contributed by atoms with Gasteiger partial charge in [0.2, 0.25) is 0 Å². The predicted molar refractivity (Wildman–Crippen MR) is 86.4 cm³/mol. The first-order valence-electron chi connectivity index (χ1n) is 8.31. The standard InChI is InChI=1S/C18H38O/c1-13(2)9-17(15(5)6)11-19-12-18(16(7)8)10-14(3)4/h13-18H,9-12H2,1-8H3. The molecule has 1 heteroatoms. The summed E-state index contributed by atoms with van der Waals surface area (Å²) in [4.78, 5) is 0. The Morgan fingerprint density at radius 3 is 1.11 bits per heavy atom. The van der Waals surface area contributed by atoms with Gasteiger partial charge in [0.05, 0.1) is 0 Å². The van der Waals surface area contributed by atoms with Crippen molar-refractivity contribution in [1.82, 2.24) is 0 Å². The third-order valence-corrected chi connectivity index (χ3v) is 4.10. The van der Waals surface area contributed by atoms with Gasteiger partial charge >= 0.3 is 0 Å².